The van der Waals surface area contributed by atoms with Crippen molar-refractivity contribution in [3.8, 4) is 0 Å². The third kappa shape index (κ3) is 4.73. The molecule has 0 saturated carbocycles. The van der Waals surface area contributed by atoms with Crippen LogP contribution in [0.4, 0.5) is 0 Å². The number of hydrogen-bond donors (Lipinski definition) is 0. The van der Waals surface area contributed by atoms with Crippen LogP contribution in [0.1, 0.15) is 0 Å². The molecule has 0 aliphatic rings. The zero-order valence-corrected chi connectivity index (χ0v) is 15.9. The van der Waals surface area contributed by atoms with Crippen LogP contribution < -0.4 is 15.9 Å². The Hall–Kier alpha value is -0.518. The third-order valence-electron chi connectivity index (χ3n) is 3.04. The molecule has 0 amide bonds. The third-order valence-corrected chi connectivity index (χ3v) is 5.49. The molecule has 0 saturated heterocycles. The Morgan fingerprint density at radius 3 is 0.952 bits per heavy atom. The molecule has 0 unspecified atom stereocenters. The molecule has 3 rings (SSSR count). The predicted octanol–water partition coefficient (Wildman–Crippen LogP) is 4.33. The van der Waals surface area contributed by atoms with Crippen molar-refractivity contribution < 1.29 is 15.6 Å². The fourth-order valence-corrected chi connectivity index (χ4v) is 4.48. The Morgan fingerprint density at radius 2 is 0.714 bits per heavy atom. The van der Waals surface area contributed by atoms with E-state index in [1.165, 1.54) is 15.9 Å². The summed E-state index contributed by atoms with van der Waals surface area (Å²) in [6, 6.07) is 32.3. The van der Waals surface area contributed by atoms with Crippen LogP contribution in [-0.4, -0.2) is 0 Å². The van der Waals surface area contributed by atoms with E-state index >= 15 is 0 Å². The first-order chi connectivity index (χ1) is 10.4. The summed E-state index contributed by atoms with van der Waals surface area (Å²) in [4.78, 5) is 0. The number of rotatable bonds is 3. The first-order valence-corrected chi connectivity index (χ1v) is 12.5. The van der Waals surface area contributed by atoms with Crippen molar-refractivity contribution in [1.29, 1.82) is 0 Å². The van der Waals surface area contributed by atoms with Gasteiger partial charge in [-0.05, 0) is 23.8 Å². The minimum Gasteiger partial charge on any atom is -0.0622 e. The van der Waals surface area contributed by atoms with E-state index in [4.69, 9.17) is 0 Å². The van der Waals surface area contributed by atoms with Gasteiger partial charge in [0, 0.05) is 0 Å². The van der Waals surface area contributed by atoms with E-state index in [1.807, 2.05) is 19.5 Å². The van der Waals surface area contributed by atoms with Crippen molar-refractivity contribution in [2.75, 3.05) is 0 Å². The molecule has 0 N–H and O–H groups in total. The second-order valence-electron chi connectivity index (χ2n) is 4.34. The number of benzene rings is 3. The fourth-order valence-electron chi connectivity index (χ4n) is 2.18. The van der Waals surface area contributed by atoms with Crippen LogP contribution in [0.5, 0.6) is 0 Å². The normalized spacial score (nSPS) is 9.90. The van der Waals surface area contributed by atoms with Gasteiger partial charge in [-0.25, -0.2) is 0 Å². The van der Waals surface area contributed by atoms with Crippen molar-refractivity contribution >= 4 is 43.3 Å². The minimum absolute atomic E-state index is 0.446. The average molecular weight is 496 g/mol. The molecule has 0 spiro atoms. The molecule has 21 heavy (non-hydrogen) atoms. The van der Waals surface area contributed by atoms with Crippen LogP contribution >= 0.6 is 27.4 Å². The molecule has 0 aromatic heterocycles. The summed E-state index contributed by atoms with van der Waals surface area (Å²) in [5.41, 5.74) is 0. The summed E-state index contributed by atoms with van der Waals surface area (Å²) >= 11 is 4.72. The van der Waals surface area contributed by atoms with E-state index in [0.29, 0.717) is 0 Å². The Morgan fingerprint density at radius 1 is 0.476 bits per heavy atom. The predicted molar refractivity (Wildman–Crippen MR) is 99.2 cm³/mol. The average Bonchev–Trinajstić information content (AvgIpc) is 2.60. The first kappa shape index (κ1) is 16.8. The standard InChI is InChI=1S/C18H15P.HI.Pd/c1-4-10-16(11-5-1)19(17-12-6-2-7-13-17)18-14-8-3-9-15-18;;/h1-15H;1H;/q;;+1/p-1. The van der Waals surface area contributed by atoms with Crippen molar-refractivity contribution in [3.63, 3.8) is 0 Å². The van der Waals surface area contributed by atoms with Gasteiger partial charge in [0.25, 0.3) is 0 Å². The molecule has 0 aliphatic carbocycles. The van der Waals surface area contributed by atoms with Crippen LogP contribution in [0.15, 0.2) is 91.0 Å². The van der Waals surface area contributed by atoms with Gasteiger partial charge in [-0.2, -0.15) is 0 Å². The van der Waals surface area contributed by atoms with Gasteiger partial charge in [-0.1, -0.05) is 91.0 Å². The molecule has 0 atom stereocenters. The minimum atomic E-state index is -0.446. The van der Waals surface area contributed by atoms with Crippen molar-refractivity contribution in [2.24, 2.45) is 0 Å². The molecule has 0 heterocycles. The Kier molecular flexibility index (Phi) is 7.61. The summed E-state index contributed by atoms with van der Waals surface area (Å²) in [6.45, 7) is 0. The van der Waals surface area contributed by atoms with Gasteiger partial charge in [0.1, 0.15) is 0 Å². The maximum Gasteiger partial charge on any atom is -0.0134 e. The quantitative estimate of drug-likeness (QED) is 0.288. The van der Waals surface area contributed by atoms with Crippen LogP contribution in [0.2, 0.25) is 0 Å². The summed E-state index contributed by atoms with van der Waals surface area (Å²) < 4.78 is 0. The summed E-state index contributed by atoms with van der Waals surface area (Å²) in [6.07, 6.45) is 0. The molecule has 0 radical (unpaired) electrons. The molecular weight excluding hydrogens is 480 g/mol. The molecule has 3 heteroatoms. The Bertz CT molecular complexity index is 535. The molecule has 3 aromatic rings. The van der Waals surface area contributed by atoms with Gasteiger partial charge in [0.2, 0.25) is 0 Å². The first-order valence-electron chi connectivity index (χ1n) is 6.52. The van der Waals surface area contributed by atoms with E-state index in [-0.39, 0.29) is 0 Å². The van der Waals surface area contributed by atoms with Gasteiger partial charge in [-0.15, -0.1) is 0 Å². The summed E-state index contributed by atoms with van der Waals surface area (Å²) in [5.74, 6) is 0. The molecule has 0 fully saturated rings. The molecule has 0 bridgehead atoms. The molecule has 109 valence electrons. The van der Waals surface area contributed by atoms with Crippen molar-refractivity contribution in [1.82, 2.24) is 0 Å². The van der Waals surface area contributed by atoms with Crippen LogP contribution in [-0.2, 0) is 15.6 Å². The van der Waals surface area contributed by atoms with Gasteiger partial charge < -0.3 is 0 Å². The topological polar surface area (TPSA) is 0 Å². The van der Waals surface area contributed by atoms with E-state index < -0.39 is 7.92 Å². The Balaban J connectivity index is 0.000000774. The van der Waals surface area contributed by atoms with Crippen LogP contribution in [0.3, 0.4) is 0 Å². The molecule has 0 nitrogen and oxygen atoms in total. The van der Waals surface area contributed by atoms with Gasteiger partial charge in [0.05, 0.1) is 0 Å². The van der Waals surface area contributed by atoms with E-state index in [1.54, 1.807) is 0 Å². The smallest absolute Gasteiger partial charge is 0.0134 e. The summed E-state index contributed by atoms with van der Waals surface area (Å²) in [5, 5.41) is 4.19. The monoisotopic (exact) mass is 495 g/mol. The van der Waals surface area contributed by atoms with E-state index in [0.717, 1.165) is 0 Å². The van der Waals surface area contributed by atoms with Gasteiger partial charge in [0.15, 0.2) is 0 Å². The van der Waals surface area contributed by atoms with Crippen LogP contribution in [0, 0.1) is 0 Å². The van der Waals surface area contributed by atoms with E-state index in [9.17, 15) is 0 Å². The van der Waals surface area contributed by atoms with Gasteiger partial charge >= 0.3 is 35.1 Å². The summed E-state index contributed by atoms with van der Waals surface area (Å²) in [7, 11) is -0.446. The Labute approximate surface area is 149 Å². The van der Waals surface area contributed by atoms with E-state index in [2.05, 4.69) is 107 Å². The maximum absolute atomic E-state index is 2.72. The largest absolute Gasteiger partial charge is 0.0622 e. The second kappa shape index (κ2) is 9.49. The number of hydrogen-bond acceptors (Lipinski definition) is 0. The number of halogens is 1. The van der Waals surface area contributed by atoms with Gasteiger partial charge in [-0.3, -0.25) is 0 Å². The van der Waals surface area contributed by atoms with Crippen molar-refractivity contribution in [2.45, 2.75) is 0 Å². The molecule has 0 aliphatic heterocycles. The second-order valence-corrected chi connectivity index (χ2v) is 6.56. The van der Waals surface area contributed by atoms with Crippen molar-refractivity contribution in [3.05, 3.63) is 91.0 Å². The molecule has 3 aromatic carbocycles. The SMILES string of the molecule is [Pd][I].c1ccc(P(c2ccccc2)c2ccccc2)cc1. The fraction of sp³-hybridized carbons (Fsp3) is 0. The zero-order chi connectivity index (χ0) is 14.9. The maximum atomic E-state index is 2.72. The molecular formula is C18H15IPPd. The van der Waals surface area contributed by atoms with Crippen LogP contribution in [0.25, 0.3) is 0 Å². The zero-order valence-electron chi connectivity index (χ0n) is 11.3.